The smallest absolute Gasteiger partial charge is 0.270 e. The molecule has 0 radical (unpaired) electrons. The van der Waals surface area contributed by atoms with Gasteiger partial charge in [-0.05, 0) is 17.2 Å². The van der Waals surface area contributed by atoms with E-state index in [1.54, 1.807) is 12.1 Å². The molecule has 5 nitrogen and oxygen atoms in total. The van der Waals surface area contributed by atoms with Gasteiger partial charge in [0.2, 0.25) is 0 Å². The molecule has 0 aliphatic heterocycles. The zero-order chi connectivity index (χ0) is 17.9. The maximum Gasteiger partial charge on any atom is 0.270 e. The Balaban J connectivity index is 1.72. The van der Waals surface area contributed by atoms with E-state index in [2.05, 4.69) is 34.6 Å². The average molecular weight is 361 g/mol. The molecule has 1 heterocycles. The summed E-state index contributed by atoms with van der Waals surface area (Å²) >= 11 is 1.42. The predicted molar refractivity (Wildman–Crippen MR) is 105 cm³/mol. The van der Waals surface area contributed by atoms with Gasteiger partial charge in [-0.3, -0.25) is 10.1 Å². The highest BCUT2D eigenvalue weighted by atomic mass is 32.1. The van der Waals surface area contributed by atoms with Gasteiger partial charge in [-0.1, -0.05) is 72.0 Å². The fourth-order valence-electron chi connectivity index (χ4n) is 2.86. The molecule has 0 spiro atoms. The normalized spacial score (nSPS) is 11.0. The summed E-state index contributed by atoms with van der Waals surface area (Å²) in [5.74, 6) is 0. The molecule has 3 aromatic carbocycles. The first-order chi connectivity index (χ1) is 12.7. The SMILES string of the molecule is O=[N+]([O-])c1ccc2nc(NC(c3ccccc3)c3ccccc3)sc2c1. The van der Waals surface area contributed by atoms with Crippen LogP contribution in [-0.2, 0) is 0 Å². The number of rotatable bonds is 5. The lowest BCUT2D eigenvalue weighted by Gasteiger charge is -2.19. The molecule has 0 fully saturated rings. The number of hydrogen-bond donors (Lipinski definition) is 1. The van der Waals surface area contributed by atoms with Crippen LogP contribution in [0.25, 0.3) is 10.2 Å². The monoisotopic (exact) mass is 361 g/mol. The molecule has 0 aliphatic rings. The van der Waals surface area contributed by atoms with Crippen LogP contribution in [0.2, 0.25) is 0 Å². The van der Waals surface area contributed by atoms with Crippen LogP contribution in [0, 0.1) is 10.1 Å². The molecule has 26 heavy (non-hydrogen) atoms. The topological polar surface area (TPSA) is 68.1 Å². The first-order valence-electron chi connectivity index (χ1n) is 8.12. The van der Waals surface area contributed by atoms with E-state index in [4.69, 9.17) is 0 Å². The Labute approximate surface area is 154 Å². The highest BCUT2D eigenvalue weighted by Crippen LogP contribution is 2.33. The number of nitrogens with zero attached hydrogens (tertiary/aromatic N) is 2. The lowest BCUT2D eigenvalue weighted by molar-refractivity contribution is -0.384. The molecule has 1 N–H and O–H groups in total. The third-order valence-corrected chi connectivity index (χ3v) is 5.07. The minimum Gasteiger partial charge on any atom is -0.351 e. The zero-order valence-electron chi connectivity index (χ0n) is 13.7. The van der Waals surface area contributed by atoms with Gasteiger partial charge in [0.05, 0.1) is 21.2 Å². The Morgan fingerprint density at radius 3 is 2.12 bits per heavy atom. The Hall–Kier alpha value is -3.25. The van der Waals surface area contributed by atoms with Crippen molar-refractivity contribution in [2.45, 2.75) is 6.04 Å². The van der Waals surface area contributed by atoms with Gasteiger partial charge in [0.1, 0.15) is 0 Å². The maximum absolute atomic E-state index is 11.0. The van der Waals surface area contributed by atoms with Crippen LogP contribution in [-0.4, -0.2) is 9.91 Å². The molecule has 6 heteroatoms. The van der Waals surface area contributed by atoms with Crippen LogP contribution in [0.15, 0.2) is 78.9 Å². The Kier molecular flexibility index (Phi) is 4.33. The van der Waals surface area contributed by atoms with Crippen molar-refractivity contribution in [3.05, 3.63) is 100 Å². The van der Waals surface area contributed by atoms with Crippen LogP contribution in [0.3, 0.4) is 0 Å². The van der Waals surface area contributed by atoms with Crippen LogP contribution >= 0.6 is 11.3 Å². The van der Waals surface area contributed by atoms with Crippen molar-refractivity contribution >= 4 is 32.4 Å². The molecule has 0 unspecified atom stereocenters. The fourth-order valence-corrected chi connectivity index (χ4v) is 3.79. The number of non-ortho nitro benzene ring substituents is 1. The number of aromatic nitrogens is 1. The first kappa shape index (κ1) is 16.2. The molecule has 0 atom stereocenters. The number of nitro benzene ring substituents is 1. The molecule has 1 aromatic heterocycles. The summed E-state index contributed by atoms with van der Waals surface area (Å²) in [6, 6.07) is 25.0. The molecule has 0 saturated heterocycles. The number of thiazole rings is 1. The van der Waals surface area contributed by atoms with Crippen molar-refractivity contribution in [2.75, 3.05) is 5.32 Å². The van der Waals surface area contributed by atoms with Gasteiger partial charge < -0.3 is 5.32 Å². The predicted octanol–water partition coefficient (Wildman–Crippen LogP) is 5.41. The summed E-state index contributed by atoms with van der Waals surface area (Å²) in [6.45, 7) is 0. The second-order valence-corrected chi connectivity index (χ2v) is 6.86. The number of benzene rings is 3. The molecular weight excluding hydrogens is 346 g/mol. The van der Waals surface area contributed by atoms with Crippen molar-refractivity contribution in [3.8, 4) is 0 Å². The third-order valence-electron chi connectivity index (χ3n) is 4.12. The molecule has 4 aromatic rings. The van der Waals surface area contributed by atoms with Gasteiger partial charge in [0, 0.05) is 12.1 Å². The van der Waals surface area contributed by atoms with Crippen LogP contribution in [0.4, 0.5) is 10.8 Å². The Bertz CT molecular complexity index is 1010. The maximum atomic E-state index is 11.0. The second kappa shape index (κ2) is 6.93. The van der Waals surface area contributed by atoms with Gasteiger partial charge in [-0.15, -0.1) is 0 Å². The first-order valence-corrected chi connectivity index (χ1v) is 8.94. The van der Waals surface area contributed by atoms with Crippen molar-refractivity contribution in [1.82, 2.24) is 4.98 Å². The standard InChI is InChI=1S/C20H15N3O2S/c24-23(25)16-11-12-17-18(13-16)26-20(21-17)22-19(14-7-3-1-4-8-14)15-9-5-2-6-10-15/h1-13,19H,(H,21,22). The number of nitrogens with one attached hydrogen (secondary N) is 1. The summed E-state index contributed by atoms with van der Waals surface area (Å²) in [5, 5.41) is 15.2. The molecule has 0 bridgehead atoms. The molecular formula is C20H15N3O2S. The van der Waals surface area contributed by atoms with E-state index in [1.807, 2.05) is 36.4 Å². The number of nitro groups is 1. The highest BCUT2D eigenvalue weighted by Gasteiger charge is 2.16. The van der Waals surface area contributed by atoms with Crippen LogP contribution in [0.1, 0.15) is 17.2 Å². The van der Waals surface area contributed by atoms with Gasteiger partial charge in [-0.2, -0.15) is 0 Å². The summed E-state index contributed by atoms with van der Waals surface area (Å²) in [5.41, 5.74) is 3.09. The Morgan fingerprint density at radius 2 is 1.54 bits per heavy atom. The second-order valence-electron chi connectivity index (χ2n) is 5.83. The molecule has 4 rings (SSSR count). The van der Waals surface area contributed by atoms with Gasteiger partial charge in [0.25, 0.3) is 5.69 Å². The Morgan fingerprint density at radius 1 is 0.923 bits per heavy atom. The van der Waals surface area contributed by atoms with Crippen molar-refractivity contribution in [3.63, 3.8) is 0 Å². The van der Waals surface area contributed by atoms with Crippen molar-refractivity contribution < 1.29 is 4.92 Å². The van der Waals surface area contributed by atoms with Crippen LogP contribution < -0.4 is 5.32 Å². The summed E-state index contributed by atoms with van der Waals surface area (Å²) in [4.78, 5) is 15.2. The van der Waals surface area contributed by atoms with Gasteiger partial charge >= 0.3 is 0 Å². The highest BCUT2D eigenvalue weighted by molar-refractivity contribution is 7.22. The lowest BCUT2D eigenvalue weighted by atomic mass is 9.99. The summed E-state index contributed by atoms with van der Waals surface area (Å²) in [6.07, 6.45) is 0. The van der Waals surface area contributed by atoms with E-state index < -0.39 is 0 Å². The summed E-state index contributed by atoms with van der Waals surface area (Å²) in [7, 11) is 0. The number of fused-ring (bicyclic) bond motifs is 1. The van der Waals surface area contributed by atoms with Crippen molar-refractivity contribution in [1.29, 1.82) is 0 Å². The molecule has 0 amide bonds. The average Bonchev–Trinajstić information content (AvgIpc) is 3.09. The van der Waals surface area contributed by atoms with E-state index in [0.29, 0.717) is 0 Å². The quantitative estimate of drug-likeness (QED) is 0.381. The minimum absolute atomic E-state index is 0.0482. The summed E-state index contributed by atoms with van der Waals surface area (Å²) < 4.78 is 0.793. The lowest BCUT2D eigenvalue weighted by Crippen LogP contribution is -2.11. The zero-order valence-corrected chi connectivity index (χ0v) is 14.5. The van der Waals surface area contributed by atoms with Gasteiger partial charge in [-0.25, -0.2) is 4.98 Å². The van der Waals surface area contributed by atoms with E-state index in [0.717, 1.165) is 26.5 Å². The largest absolute Gasteiger partial charge is 0.351 e. The molecule has 0 aliphatic carbocycles. The van der Waals surface area contributed by atoms with E-state index in [1.165, 1.54) is 17.4 Å². The van der Waals surface area contributed by atoms with E-state index in [-0.39, 0.29) is 16.7 Å². The number of hydrogen-bond acceptors (Lipinski definition) is 5. The van der Waals surface area contributed by atoms with Crippen molar-refractivity contribution in [2.24, 2.45) is 0 Å². The third kappa shape index (κ3) is 3.27. The number of anilines is 1. The van der Waals surface area contributed by atoms with Crippen LogP contribution in [0.5, 0.6) is 0 Å². The van der Waals surface area contributed by atoms with Gasteiger partial charge in [0.15, 0.2) is 5.13 Å². The van der Waals surface area contributed by atoms with E-state index in [9.17, 15) is 10.1 Å². The molecule has 0 saturated carbocycles. The van der Waals surface area contributed by atoms with E-state index >= 15 is 0 Å². The fraction of sp³-hybridized carbons (Fsp3) is 0.0500. The minimum atomic E-state index is -0.386. The molecule has 128 valence electrons.